The molecule has 1 aliphatic heterocycles. The predicted molar refractivity (Wildman–Crippen MR) is 91.3 cm³/mol. The maximum atomic E-state index is 12.2. The minimum absolute atomic E-state index is 0.218. The first-order valence-electron chi connectivity index (χ1n) is 9.04. The van der Waals surface area contributed by atoms with Gasteiger partial charge in [0.1, 0.15) is 11.4 Å². The Morgan fingerprint density at radius 1 is 1.36 bits per heavy atom. The molecule has 1 aromatic rings. The van der Waals surface area contributed by atoms with E-state index in [2.05, 4.69) is 10.5 Å². The van der Waals surface area contributed by atoms with Crippen LogP contribution in [0.3, 0.4) is 0 Å². The number of piperidine rings is 1. The summed E-state index contributed by atoms with van der Waals surface area (Å²) in [5.74, 6) is 1.25. The third-order valence-electron chi connectivity index (χ3n) is 4.46. The van der Waals surface area contributed by atoms with Crippen molar-refractivity contribution in [3.63, 3.8) is 0 Å². The number of hydrogen-bond acceptors (Lipinski definition) is 5. The molecule has 2 aliphatic rings. The lowest BCUT2D eigenvalue weighted by Gasteiger charge is -2.34. The Balaban J connectivity index is 1.47. The van der Waals surface area contributed by atoms with Gasteiger partial charge in [-0.3, -0.25) is 4.79 Å². The van der Waals surface area contributed by atoms with Crippen LogP contribution in [0.4, 0.5) is 4.79 Å². The van der Waals surface area contributed by atoms with Gasteiger partial charge in [0.15, 0.2) is 5.69 Å². The number of nitrogens with one attached hydrogen (secondary N) is 1. The monoisotopic (exact) mass is 349 g/mol. The summed E-state index contributed by atoms with van der Waals surface area (Å²) in [6.45, 7) is 7.40. The van der Waals surface area contributed by atoms with Crippen molar-refractivity contribution in [1.29, 1.82) is 0 Å². The first kappa shape index (κ1) is 17.8. The molecule has 7 heteroatoms. The second-order valence-corrected chi connectivity index (χ2v) is 8.03. The molecule has 1 saturated carbocycles. The van der Waals surface area contributed by atoms with Crippen molar-refractivity contribution in [2.24, 2.45) is 5.92 Å². The minimum Gasteiger partial charge on any atom is -0.444 e. The van der Waals surface area contributed by atoms with E-state index in [9.17, 15) is 9.59 Å². The number of likely N-dealkylation sites (tertiary alicyclic amines) is 1. The molecule has 7 nitrogen and oxygen atoms in total. The van der Waals surface area contributed by atoms with Crippen LogP contribution < -0.4 is 5.32 Å². The van der Waals surface area contributed by atoms with E-state index in [0.29, 0.717) is 31.2 Å². The Morgan fingerprint density at radius 2 is 2.12 bits per heavy atom. The molecule has 25 heavy (non-hydrogen) atoms. The normalized spacial score (nSPS) is 21.1. The Morgan fingerprint density at radius 3 is 2.80 bits per heavy atom. The van der Waals surface area contributed by atoms with Gasteiger partial charge in [0, 0.05) is 31.6 Å². The maximum absolute atomic E-state index is 12.2. The summed E-state index contributed by atoms with van der Waals surface area (Å²) < 4.78 is 10.6. The van der Waals surface area contributed by atoms with E-state index in [1.165, 1.54) is 0 Å². The van der Waals surface area contributed by atoms with Crippen LogP contribution in [0.25, 0.3) is 0 Å². The van der Waals surface area contributed by atoms with Gasteiger partial charge in [0.25, 0.3) is 5.91 Å². The molecular formula is C18H27N3O4. The van der Waals surface area contributed by atoms with Gasteiger partial charge in [-0.1, -0.05) is 5.16 Å². The molecule has 2 heterocycles. The summed E-state index contributed by atoms with van der Waals surface area (Å²) in [5.41, 5.74) is -0.161. The maximum Gasteiger partial charge on any atom is 0.410 e. The number of carbonyl (C=O) groups is 2. The standard InChI is InChI=1S/C18H27N3O4/c1-18(2,3)24-17(23)21-8-4-5-12(11-21)10-19-16(22)14-9-15(25-20-14)13-6-7-13/h9,12-13H,4-8,10-11H2,1-3H3,(H,19,22). The molecule has 0 bridgehead atoms. The lowest BCUT2D eigenvalue weighted by Crippen LogP contribution is -2.45. The van der Waals surface area contributed by atoms with Crippen LogP contribution in [0.1, 0.15) is 68.6 Å². The topological polar surface area (TPSA) is 84.7 Å². The fourth-order valence-corrected chi connectivity index (χ4v) is 3.01. The zero-order valence-corrected chi connectivity index (χ0v) is 15.2. The number of amides is 2. The molecule has 1 aromatic heterocycles. The van der Waals surface area contributed by atoms with Crippen molar-refractivity contribution < 1.29 is 18.8 Å². The smallest absolute Gasteiger partial charge is 0.410 e. The number of nitrogens with zero attached hydrogens (tertiary/aromatic N) is 2. The van der Waals surface area contributed by atoms with Crippen LogP contribution in [-0.4, -0.2) is 47.3 Å². The summed E-state index contributed by atoms with van der Waals surface area (Å²) in [6, 6.07) is 1.74. The average molecular weight is 349 g/mol. The molecule has 2 fully saturated rings. The van der Waals surface area contributed by atoms with Gasteiger partial charge < -0.3 is 19.5 Å². The first-order chi connectivity index (χ1) is 11.8. The molecule has 1 atom stereocenters. The highest BCUT2D eigenvalue weighted by molar-refractivity contribution is 5.92. The van der Waals surface area contributed by atoms with Crippen LogP contribution in [0.5, 0.6) is 0 Å². The molecule has 0 spiro atoms. The van der Waals surface area contributed by atoms with E-state index in [-0.39, 0.29) is 17.9 Å². The van der Waals surface area contributed by atoms with E-state index in [1.54, 1.807) is 11.0 Å². The quantitative estimate of drug-likeness (QED) is 0.903. The Kier molecular flexibility index (Phi) is 5.01. The highest BCUT2D eigenvalue weighted by Gasteiger charge is 2.30. The fraction of sp³-hybridized carbons (Fsp3) is 0.722. The summed E-state index contributed by atoms with van der Waals surface area (Å²) in [7, 11) is 0. The van der Waals surface area contributed by atoms with Crippen LogP contribution in [0, 0.1) is 5.92 Å². The van der Waals surface area contributed by atoms with Gasteiger partial charge >= 0.3 is 6.09 Å². The number of rotatable bonds is 4. The number of aromatic nitrogens is 1. The van der Waals surface area contributed by atoms with Crippen LogP contribution in [-0.2, 0) is 4.74 Å². The predicted octanol–water partition coefficient (Wildman–Crippen LogP) is 2.93. The van der Waals surface area contributed by atoms with Crippen molar-refractivity contribution in [3.8, 4) is 0 Å². The van der Waals surface area contributed by atoms with Crippen molar-refractivity contribution in [2.75, 3.05) is 19.6 Å². The highest BCUT2D eigenvalue weighted by atomic mass is 16.6. The van der Waals surface area contributed by atoms with Gasteiger partial charge in [0.05, 0.1) is 0 Å². The molecule has 138 valence electrons. The third kappa shape index (κ3) is 4.96. The third-order valence-corrected chi connectivity index (χ3v) is 4.46. The zero-order chi connectivity index (χ0) is 18.0. The van der Waals surface area contributed by atoms with E-state index in [4.69, 9.17) is 9.26 Å². The molecular weight excluding hydrogens is 322 g/mol. The van der Waals surface area contributed by atoms with Gasteiger partial charge in [0.2, 0.25) is 0 Å². The fourth-order valence-electron chi connectivity index (χ4n) is 3.01. The molecule has 0 radical (unpaired) electrons. The molecule has 0 aromatic carbocycles. The number of hydrogen-bond donors (Lipinski definition) is 1. The largest absolute Gasteiger partial charge is 0.444 e. The summed E-state index contributed by atoms with van der Waals surface area (Å²) in [5, 5.41) is 6.76. The Bertz CT molecular complexity index is 631. The van der Waals surface area contributed by atoms with Crippen molar-refractivity contribution in [3.05, 3.63) is 17.5 Å². The van der Waals surface area contributed by atoms with Crippen molar-refractivity contribution >= 4 is 12.0 Å². The molecule has 2 amide bonds. The van der Waals surface area contributed by atoms with E-state index >= 15 is 0 Å². The molecule has 1 N–H and O–H groups in total. The summed E-state index contributed by atoms with van der Waals surface area (Å²) in [4.78, 5) is 26.1. The highest BCUT2D eigenvalue weighted by Crippen LogP contribution is 2.40. The van der Waals surface area contributed by atoms with E-state index in [1.807, 2.05) is 20.8 Å². The number of carbonyl (C=O) groups excluding carboxylic acids is 2. The van der Waals surface area contributed by atoms with E-state index < -0.39 is 5.60 Å². The van der Waals surface area contributed by atoms with Crippen LogP contribution >= 0.6 is 0 Å². The Hall–Kier alpha value is -2.05. The lowest BCUT2D eigenvalue weighted by atomic mass is 9.98. The zero-order valence-electron chi connectivity index (χ0n) is 15.2. The number of ether oxygens (including phenoxy) is 1. The van der Waals surface area contributed by atoms with Crippen molar-refractivity contribution in [1.82, 2.24) is 15.4 Å². The average Bonchev–Trinajstić information content (AvgIpc) is 3.28. The lowest BCUT2D eigenvalue weighted by molar-refractivity contribution is 0.0167. The summed E-state index contributed by atoms with van der Waals surface area (Å²) in [6.07, 6.45) is 3.83. The second kappa shape index (κ2) is 7.06. The van der Waals surface area contributed by atoms with Gasteiger partial charge in [-0.15, -0.1) is 0 Å². The minimum atomic E-state index is -0.496. The summed E-state index contributed by atoms with van der Waals surface area (Å²) >= 11 is 0. The second-order valence-electron chi connectivity index (χ2n) is 8.03. The van der Waals surface area contributed by atoms with Crippen molar-refractivity contribution in [2.45, 2.75) is 58.0 Å². The van der Waals surface area contributed by atoms with Gasteiger partial charge in [-0.2, -0.15) is 0 Å². The SMILES string of the molecule is CC(C)(C)OC(=O)N1CCCC(CNC(=O)c2cc(C3CC3)on2)C1. The van der Waals surface area contributed by atoms with E-state index in [0.717, 1.165) is 31.4 Å². The van der Waals surface area contributed by atoms with Gasteiger partial charge in [-0.05, 0) is 52.4 Å². The first-order valence-corrected chi connectivity index (χ1v) is 9.04. The molecule has 1 unspecified atom stereocenters. The molecule has 1 aliphatic carbocycles. The molecule has 3 rings (SSSR count). The Labute approximate surface area is 148 Å². The van der Waals surface area contributed by atoms with Gasteiger partial charge in [-0.25, -0.2) is 4.79 Å². The molecule has 1 saturated heterocycles. The van der Waals surface area contributed by atoms with Crippen LogP contribution in [0.15, 0.2) is 10.6 Å². The van der Waals surface area contributed by atoms with Crippen LogP contribution in [0.2, 0.25) is 0 Å².